The molecule has 232 valence electrons. The molecule has 0 amide bonds. The lowest BCUT2D eigenvalue weighted by Crippen LogP contribution is -2.52. The van der Waals surface area contributed by atoms with Crippen molar-refractivity contribution in [3.05, 3.63) is 180 Å². The second-order valence-electron chi connectivity index (χ2n) is 14.3. The van der Waals surface area contributed by atoms with E-state index in [4.69, 9.17) is 0 Å². The molecule has 1 heteroatoms. The van der Waals surface area contributed by atoms with Crippen LogP contribution < -0.4 is 5.32 Å². The maximum atomic E-state index is 4.28. The zero-order valence-electron chi connectivity index (χ0n) is 27.1. The van der Waals surface area contributed by atoms with E-state index in [0.29, 0.717) is 23.8 Å². The van der Waals surface area contributed by atoms with Gasteiger partial charge in [0.05, 0.1) is 6.04 Å². The SMILES string of the molecule is C1=CC2C=CC3C4=C(CC(c5c6ccccc6c(-c6ccc7ccccc7c6)c6ccccc56)C=C4)C(c4ccccc4)NC3C2CC1. The van der Waals surface area contributed by atoms with Crippen molar-refractivity contribution < 1.29 is 0 Å². The van der Waals surface area contributed by atoms with Crippen LogP contribution in [0.1, 0.15) is 42.3 Å². The number of allylic oxidation sites excluding steroid dienone is 5. The Morgan fingerprint density at radius 2 is 1.31 bits per heavy atom. The molecule has 6 aromatic rings. The summed E-state index contributed by atoms with van der Waals surface area (Å²) in [6.45, 7) is 0. The minimum Gasteiger partial charge on any atom is -0.302 e. The van der Waals surface area contributed by atoms with Crippen LogP contribution in [0.2, 0.25) is 0 Å². The summed E-state index contributed by atoms with van der Waals surface area (Å²) in [5.41, 5.74) is 8.58. The number of nitrogens with one attached hydrogen (secondary N) is 1. The normalized spacial score (nSPS) is 26.1. The second kappa shape index (κ2) is 11.3. The minimum atomic E-state index is 0.224. The first-order valence-electron chi connectivity index (χ1n) is 17.8. The number of hydrogen-bond donors (Lipinski definition) is 1. The lowest BCUT2D eigenvalue weighted by molar-refractivity contribution is 0.215. The fraction of sp³-hybridized carbons (Fsp3) is 0.191. The number of hydrogen-bond acceptors (Lipinski definition) is 1. The third-order valence-corrected chi connectivity index (χ3v) is 11.8. The van der Waals surface area contributed by atoms with Gasteiger partial charge in [0.1, 0.15) is 0 Å². The summed E-state index contributed by atoms with van der Waals surface area (Å²) in [6.07, 6.45) is 18.4. The van der Waals surface area contributed by atoms with Gasteiger partial charge < -0.3 is 5.32 Å². The molecule has 6 aromatic carbocycles. The molecule has 0 saturated carbocycles. The van der Waals surface area contributed by atoms with Gasteiger partial charge in [0, 0.05) is 17.9 Å². The summed E-state index contributed by atoms with van der Waals surface area (Å²) in [5.74, 6) is 1.90. The van der Waals surface area contributed by atoms with E-state index in [2.05, 4.69) is 163 Å². The Hall–Kier alpha value is -4.98. The van der Waals surface area contributed by atoms with Gasteiger partial charge in [-0.2, -0.15) is 0 Å². The first-order valence-corrected chi connectivity index (χ1v) is 17.8. The van der Waals surface area contributed by atoms with E-state index in [1.54, 1.807) is 11.1 Å². The molecule has 1 nitrogen and oxygen atoms in total. The Balaban J connectivity index is 1.14. The molecular weight excluding hydrogens is 579 g/mol. The molecule has 4 aliphatic rings. The van der Waals surface area contributed by atoms with Gasteiger partial charge in [-0.15, -0.1) is 0 Å². The molecule has 0 spiro atoms. The molecule has 10 rings (SSSR count). The molecule has 6 atom stereocenters. The Kier molecular flexibility index (Phi) is 6.62. The molecule has 6 unspecified atom stereocenters. The van der Waals surface area contributed by atoms with Crippen LogP contribution in [0.15, 0.2) is 169 Å². The van der Waals surface area contributed by atoms with Crippen LogP contribution in [0, 0.1) is 17.8 Å². The second-order valence-corrected chi connectivity index (χ2v) is 14.3. The average Bonchev–Trinajstić information content (AvgIpc) is 3.16. The first kappa shape index (κ1) is 28.1. The molecule has 3 aliphatic carbocycles. The molecule has 0 fully saturated rings. The summed E-state index contributed by atoms with van der Waals surface area (Å²) < 4.78 is 0. The van der Waals surface area contributed by atoms with Gasteiger partial charge in [-0.25, -0.2) is 0 Å². The van der Waals surface area contributed by atoms with E-state index >= 15 is 0 Å². The highest BCUT2D eigenvalue weighted by Crippen LogP contribution is 2.51. The van der Waals surface area contributed by atoms with Crippen molar-refractivity contribution >= 4 is 32.3 Å². The topological polar surface area (TPSA) is 12.0 Å². The lowest BCUT2D eigenvalue weighted by Gasteiger charge is -2.49. The van der Waals surface area contributed by atoms with Crippen molar-refractivity contribution in [2.24, 2.45) is 17.8 Å². The third-order valence-electron chi connectivity index (χ3n) is 11.8. The highest BCUT2D eigenvalue weighted by molar-refractivity contribution is 6.16. The number of fused-ring (bicyclic) bond motifs is 7. The minimum absolute atomic E-state index is 0.224. The third kappa shape index (κ3) is 4.41. The van der Waals surface area contributed by atoms with E-state index in [1.165, 1.54) is 67.4 Å². The van der Waals surface area contributed by atoms with Crippen molar-refractivity contribution in [1.82, 2.24) is 5.32 Å². The van der Waals surface area contributed by atoms with Gasteiger partial charge in [0.15, 0.2) is 0 Å². The zero-order valence-corrected chi connectivity index (χ0v) is 27.1. The maximum Gasteiger partial charge on any atom is 0.0544 e. The van der Waals surface area contributed by atoms with Gasteiger partial charge in [-0.1, -0.05) is 152 Å². The van der Waals surface area contributed by atoms with Crippen molar-refractivity contribution in [2.75, 3.05) is 0 Å². The summed E-state index contributed by atoms with van der Waals surface area (Å²) in [5, 5.41) is 12.3. The molecule has 1 aliphatic heterocycles. The molecule has 1 N–H and O–H groups in total. The van der Waals surface area contributed by atoms with Crippen molar-refractivity contribution in [3.63, 3.8) is 0 Å². The molecule has 48 heavy (non-hydrogen) atoms. The largest absolute Gasteiger partial charge is 0.302 e. The molecule has 0 saturated heterocycles. The van der Waals surface area contributed by atoms with Crippen molar-refractivity contribution in [1.29, 1.82) is 0 Å². The Bertz CT molecular complexity index is 2280. The Morgan fingerprint density at radius 1 is 0.604 bits per heavy atom. The molecule has 0 aromatic heterocycles. The summed E-state index contributed by atoms with van der Waals surface area (Å²) in [6, 6.07) is 45.9. The van der Waals surface area contributed by atoms with Crippen LogP contribution >= 0.6 is 0 Å². The number of benzene rings is 6. The highest BCUT2D eigenvalue weighted by atomic mass is 15.0. The summed E-state index contributed by atoms with van der Waals surface area (Å²) in [4.78, 5) is 0. The lowest BCUT2D eigenvalue weighted by atomic mass is 9.63. The molecular formula is C47H39N. The zero-order chi connectivity index (χ0) is 31.6. The van der Waals surface area contributed by atoms with Gasteiger partial charge in [-0.3, -0.25) is 0 Å². The quantitative estimate of drug-likeness (QED) is 0.154. The molecule has 1 heterocycles. The van der Waals surface area contributed by atoms with E-state index in [0.717, 1.165) is 6.42 Å². The summed E-state index contributed by atoms with van der Waals surface area (Å²) >= 11 is 0. The van der Waals surface area contributed by atoms with Crippen LogP contribution in [0.5, 0.6) is 0 Å². The fourth-order valence-electron chi connectivity index (χ4n) is 9.67. The van der Waals surface area contributed by atoms with Crippen LogP contribution in [0.25, 0.3) is 43.4 Å². The van der Waals surface area contributed by atoms with E-state index in [-0.39, 0.29) is 12.0 Å². The van der Waals surface area contributed by atoms with Gasteiger partial charge in [0.25, 0.3) is 0 Å². The van der Waals surface area contributed by atoms with E-state index in [1.807, 2.05) is 0 Å². The smallest absolute Gasteiger partial charge is 0.0544 e. The number of rotatable bonds is 3. The van der Waals surface area contributed by atoms with E-state index in [9.17, 15) is 0 Å². The van der Waals surface area contributed by atoms with Gasteiger partial charge >= 0.3 is 0 Å². The van der Waals surface area contributed by atoms with Gasteiger partial charge in [-0.05, 0) is 103 Å². The predicted octanol–water partition coefficient (Wildman–Crippen LogP) is 11.6. The fourth-order valence-corrected chi connectivity index (χ4v) is 9.67. The van der Waals surface area contributed by atoms with Crippen LogP contribution in [-0.4, -0.2) is 6.04 Å². The monoisotopic (exact) mass is 617 g/mol. The van der Waals surface area contributed by atoms with E-state index < -0.39 is 0 Å². The van der Waals surface area contributed by atoms with Crippen LogP contribution in [0.4, 0.5) is 0 Å². The maximum absolute atomic E-state index is 4.28. The standard InChI is InChI=1S/C47H39N/c1-2-14-32(15-3-1)46-43-29-35(25-26-37(43)42-27-24-31-13-6-7-17-36(31)47(42)48-46)45-40-20-10-8-18-38(40)44(39-19-9-11-21-41(39)45)34-23-22-30-12-4-5-16-33(30)28-34/h1-6,8-16,18-28,31,35-36,42,46-48H,7,17,29H2. The Labute approximate surface area is 283 Å². The van der Waals surface area contributed by atoms with Crippen molar-refractivity contribution in [2.45, 2.75) is 37.3 Å². The first-order chi connectivity index (χ1) is 23.8. The molecule has 0 bridgehead atoms. The predicted molar refractivity (Wildman–Crippen MR) is 202 cm³/mol. The van der Waals surface area contributed by atoms with Crippen LogP contribution in [0.3, 0.4) is 0 Å². The summed E-state index contributed by atoms with van der Waals surface area (Å²) in [7, 11) is 0. The van der Waals surface area contributed by atoms with Crippen LogP contribution in [-0.2, 0) is 0 Å². The van der Waals surface area contributed by atoms with Gasteiger partial charge in [0.2, 0.25) is 0 Å². The average molecular weight is 618 g/mol. The Morgan fingerprint density at radius 3 is 2.10 bits per heavy atom. The highest BCUT2D eigenvalue weighted by Gasteiger charge is 2.44. The molecule has 0 radical (unpaired) electrons. The van der Waals surface area contributed by atoms with Crippen molar-refractivity contribution in [3.8, 4) is 11.1 Å².